The van der Waals surface area contributed by atoms with Crippen molar-refractivity contribution < 1.29 is 38.4 Å². The molecule has 0 saturated carbocycles. The molecule has 11 nitrogen and oxygen atoms in total. The maximum atomic E-state index is 13.2. The third-order valence-corrected chi connectivity index (χ3v) is 6.31. The minimum absolute atomic E-state index is 0.0301. The van der Waals surface area contributed by atoms with Crippen molar-refractivity contribution in [2.75, 3.05) is 47.5 Å². The Bertz CT molecular complexity index is 1090. The normalized spacial score (nSPS) is 14.3. The van der Waals surface area contributed by atoms with E-state index in [1.54, 1.807) is 26.2 Å². The molecule has 0 radical (unpaired) electrons. The number of aliphatic carboxylic acids is 1. The number of ether oxygens (including phenoxy) is 4. The molecule has 1 fully saturated rings. The molecule has 0 unspecified atom stereocenters. The molecule has 11 heteroatoms. The molecule has 3 rings (SSSR count). The molecule has 0 spiro atoms. The predicted octanol–water partition coefficient (Wildman–Crippen LogP) is 2.52. The molecular formula is C27H35N3O8. The monoisotopic (exact) mass is 529 g/mol. The van der Waals surface area contributed by atoms with Crippen LogP contribution in [0.15, 0.2) is 42.5 Å². The topological polar surface area (TPSA) is 127 Å². The summed E-state index contributed by atoms with van der Waals surface area (Å²) in [5, 5.41) is 11.7. The number of hydrogen-bond donors (Lipinski definition) is 2. The van der Waals surface area contributed by atoms with Crippen LogP contribution in [-0.4, -0.2) is 86.4 Å². The van der Waals surface area contributed by atoms with Crippen LogP contribution in [0.1, 0.15) is 24.0 Å². The first-order valence-corrected chi connectivity index (χ1v) is 12.3. The number of carboxylic acids is 1. The van der Waals surface area contributed by atoms with Crippen LogP contribution in [0.25, 0.3) is 0 Å². The molecule has 1 aliphatic rings. The fraction of sp³-hybridized carbons (Fsp3) is 0.444. The molecule has 2 N–H and O–H groups in total. The maximum absolute atomic E-state index is 13.2. The largest absolute Gasteiger partial charge is 0.493 e. The summed E-state index contributed by atoms with van der Waals surface area (Å²) in [6.45, 7) is 2.67. The van der Waals surface area contributed by atoms with Crippen molar-refractivity contribution in [3.05, 3.63) is 53.6 Å². The first kappa shape index (κ1) is 28.6. The number of amides is 2. The summed E-state index contributed by atoms with van der Waals surface area (Å²) in [6.07, 6.45) is -1.05. The standard InChI is InChI=1S/C27H35N3O8/c1-35-22-11-9-20(24(36-2)25(22)37-3)17-29-13-15-30(16-14-29)26(33)21(10-12-23(31)32)28-27(34)38-18-19-7-5-4-6-8-19/h4-9,11,21H,10,12-18H2,1-3H3,(H,28,34)(H,31,32)/t21-/m0/s1. The van der Waals surface area contributed by atoms with E-state index in [9.17, 15) is 14.4 Å². The van der Waals surface area contributed by atoms with Gasteiger partial charge in [-0.05, 0) is 18.1 Å². The lowest BCUT2D eigenvalue weighted by molar-refractivity contribution is -0.138. The van der Waals surface area contributed by atoms with E-state index >= 15 is 0 Å². The molecule has 0 aromatic heterocycles. The lowest BCUT2D eigenvalue weighted by Gasteiger charge is -2.36. The highest BCUT2D eigenvalue weighted by atomic mass is 16.5. The van der Waals surface area contributed by atoms with Gasteiger partial charge in [0, 0.05) is 44.7 Å². The average molecular weight is 530 g/mol. The molecule has 1 heterocycles. The van der Waals surface area contributed by atoms with Crippen molar-refractivity contribution in [2.45, 2.75) is 32.0 Å². The molecule has 1 atom stereocenters. The Morgan fingerprint density at radius 1 is 0.921 bits per heavy atom. The Balaban J connectivity index is 1.58. The number of carbonyl (C=O) groups is 3. The van der Waals surface area contributed by atoms with Gasteiger partial charge in [0.05, 0.1) is 21.3 Å². The van der Waals surface area contributed by atoms with Crippen molar-refractivity contribution in [1.82, 2.24) is 15.1 Å². The first-order valence-electron chi connectivity index (χ1n) is 12.3. The number of hydrogen-bond acceptors (Lipinski definition) is 8. The van der Waals surface area contributed by atoms with E-state index in [0.717, 1.165) is 11.1 Å². The lowest BCUT2D eigenvalue weighted by Crippen LogP contribution is -2.54. The lowest BCUT2D eigenvalue weighted by atomic mass is 10.1. The summed E-state index contributed by atoms with van der Waals surface area (Å²) in [5.41, 5.74) is 1.73. The summed E-state index contributed by atoms with van der Waals surface area (Å²) >= 11 is 0. The second-order valence-corrected chi connectivity index (χ2v) is 8.79. The van der Waals surface area contributed by atoms with Crippen LogP contribution in [0.3, 0.4) is 0 Å². The van der Waals surface area contributed by atoms with E-state index in [1.165, 1.54) is 0 Å². The number of carbonyl (C=O) groups excluding carboxylic acids is 2. The smallest absolute Gasteiger partial charge is 0.408 e. The zero-order valence-electron chi connectivity index (χ0n) is 22.0. The van der Waals surface area contributed by atoms with Crippen molar-refractivity contribution in [2.24, 2.45) is 0 Å². The Labute approximate surface area is 222 Å². The van der Waals surface area contributed by atoms with Crippen LogP contribution in [-0.2, 0) is 27.5 Å². The third-order valence-electron chi connectivity index (χ3n) is 6.31. The predicted molar refractivity (Wildman–Crippen MR) is 138 cm³/mol. The van der Waals surface area contributed by atoms with Gasteiger partial charge in [0.2, 0.25) is 11.7 Å². The van der Waals surface area contributed by atoms with Gasteiger partial charge in [-0.15, -0.1) is 0 Å². The highest BCUT2D eigenvalue weighted by Gasteiger charge is 2.30. The minimum Gasteiger partial charge on any atom is -0.493 e. The molecule has 206 valence electrons. The van der Waals surface area contributed by atoms with Crippen molar-refractivity contribution in [3.63, 3.8) is 0 Å². The maximum Gasteiger partial charge on any atom is 0.408 e. The van der Waals surface area contributed by atoms with Gasteiger partial charge >= 0.3 is 12.1 Å². The number of piperazine rings is 1. The number of nitrogens with zero attached hydrogens (tertiary/aromatic N) is 2. The molecule has 0 aliphatic carbocycles. The SMILES string of the molecule is COc1ccc(CN2CCN(C(=O)[C@H](CCC(=O)O)NC(=O)OCc3ccccc3)CC2)c(OC)c1OC. The van der Waals surface area contributed by atoms with Gasteiger partial charge in [-0.25, -0.2) is 4.79 Å². The fourth-order valence-electron chi connectivity index (χ4n) is 4.31. The van der Waals surface area contributed by atoms with Gasteiger partial charge in [-0.3, -0.25) is 14.5 Å². The number of alkyl carbamates (subject to hydrolysis) is 1. The summed E-state index contributed by atoms with van der Waals surface area (Å²) in [7, 11) is 4.70. The number of benzene rings is 2. The number of methoxy groups -OCH3 is 3. The van der Waals surface area contributed by atoms with E-state index in [1.807, 2.05) is 42.5 Å². The molecule has 0 bridgehead atoms. The number of carboxylic acid groups (broad SMARTS) is 1. The van der Waals surface area contributed by atoms with Crippen molar-refractivity contribution >= 4 is 18.0 Å². The number of nitrogens with one attached hydrogen (secondary N) is 1. The van der Waals surface area contributed by atoms with Crippen LogP contribution < -0.4 is 19.5 Å². The van der Waals surface area contributed by atoms with Crippen LogP contribution in [0, 0.1) is 0 Å². The molecule has 38 heavy (non-hydrogen) atoms. The summed E-state index contributed by atoms with van der Waals surface area (Å²) in [5.74, 6) is 0.318. The Morgan fingerprint density at radius 2 is 1.61 bits per heavy atom. The zero-order chi connectivity index (χ0) is 27.5. The first-order chi connectivity index (χ1) is 18.4. The molecule has 2 amide bonds. The van der Waals surface area contributed by atoms with Gasteiger partial charge in [-0.2, -0.15) is 0 Å². The van der Waals surface area contributed by atoms with Crippen LogP contribution >= 0.6 is 0 Å². The van der Waals surface area contributed by atoms with E-state index in [2.05, 4.69) is 10.2 Å². The van der Waals surface area contributed by atoms with E-state index in [0.29, 0.717) is 50.0 Å². The fourth-order valence-corrected chi connectivity index (χ4v) is 4.31. The Morgan fingerprint density at radius 3 is 2.21 bits per heavy atom. The van der Waals surface area contributed by atoms with Gasteiger partial charge in [-0.1, -0.05) is 36.4 Å². The summed E-state index contributed by atoms with van der Waals surface area (Å²) in [4.78, 5) is 40.6. The van der Waals surface area contributed by atoms with Gasteiger partial charge < -0.3 is 34.3 Å². The van der Waals surface area contributed by atoms with E-state index in [4.69, 9.17) is 24.1 Å². The highest BCUT2D eigenvalue weighted by molar-refractivity contribution is 5.86. The second kappa shape index (κ2) is 14.1. The van der Waals surface area contributed by atoms with Gasteiger partial charge in [0.15, 0.2) is 11.5 Å². The average Bonchev–Trinajstić information content (AvgIpc) is 2.94. The minimum atomic E-state index is -1.05. The van der Waals surface area contributed by atoms with Gasteiger partial charge in [0.25, 0.3) is 0 Å². The quantitative estimate of drug-likeness (QED) is 0.426. The molecule has 1 aliphatic heterocycles. The van der Waals surface area contributed by atoms with Crippen LogP contribution in [0.2, 0.25) is 0 Å². The molecule has 2 aromatic rings. The third kappa shape index (κ3) is 7.75. The van der Waals surface area contributed by atoms with E-state index in [-0.39, 0.29) is 25.4 Å². The van der Waals surface area contributed by atoms with E-state index < -0.39 is 18.1 Å². The zero-order valence-corrected chi connectivity index (χ0v) is 22.0. The Kier molecular flexibility index (Phi) is 10.6. The Hall–Kier alpha value is -3.99. The van der Waals surface area contributed by atoms with Crippen molar-refractivity contribution in [3.8, 4) is 17.2 Å². The molecule has 2 aromatic carbocycles. The molecular weight excluding hydrogens is 494 g/mol. The number of rotatable bonds is 12. The highest BCUT2D eigenvalue weighted by Crippen LogP contribution is 2.40. The van der Waals surface area contributed by atoms with Crippen LogP contribution in [0.5, 0.6) is 17.2 Å². The van der Waals surface area contributed by atoms with Gasteiger partial charge in [0.1, 0.15) is 12.6 Å². The summed E-state index contributed by atoms with van der Waals surface area (Å²) in [6, 6.07) is 11.9. The molecule has 1 saturated heterocycles. The second-order valence-electron chi connectivity index (χ2n) is 8.79. The van der Waals surface area contributed by atoms with Crippen molar-refractivity contribution in [1.29, 1.82) is 0 Å². The summed E-state index contributed by atoms with van der Waals surface area (Å²) < 4.78 is 21.6. The van der Waals surface area contributed by atoms with Crippen LogP contribution in [0.4, 0.5) is 4.79 Å².